The van der Waals surface area contributed by atoms with Crippen LogP contribution in [-0.2, 0) is 11.2 Å². The molecule has 7 heteroatoms. The molecule has 0 saturated heterocycles. The van der Waals surface area contributed by atoms with Crippen molar-refractivity contribution in [3.63, 3.8) is 0 Å². The van der Waals surface area contributed by atoms with E-state index in [0.29, 0.717) is 17.9 Å². The number of benzene rings is 1. The Balaban J connectivity index is 2.63. The molecular weight excluding hydrogens is 287 g/mol. The average molecular weight is 307 g/mol. The summed E-state index contributed by atoms with van der Waals surface area (Å²) in [4.78, 5) is 0. The van der Waals surface area contributed by atoms with Crippen LogP contribution in [0.1, 0.15) is 18.9 Å². The fourth-order valence-electron chi connectivity index (χ4n) is 1.72. The molecule has 1 aromatic rings. The van der Waals surface area contributed by atoms with E-state index in [2.05, 4.69) is 4.74 Å². The van der Waals surface area contributed by atoms with Gasteiger partial charge in [-0.15, -0.1) is 13.2 Å². The number of nitrogens with two attached hydrogens (primary N) is 1. The van der Waals surface area contributed by atoms with Crippen LogP contribution in [0.15, 0.2) is 18.2 Å². The Hall–Kier alpha value is -1.47. The van der Waals surface area contributed by atoms with E-state index >= 15 is 0 Å². The predicted octanol–water partition coefficient (Wildman–Crippen LogP) is 2.89. The van der Waals surface area contributed by atoms with Crippen molar-refractivity contribution in [2.45, 2.75) is 32.2 Å². The van der Waals surface area contributed by atoms with Gasteiger partial charge in [0.1, 0.15) is 6.61 Å². The van der Waals surface area contributed by atoms with Crippen molar-refractivity contribution in [3.05, 3.63) is 23.8 Å². The number of hydrogen-bond donors (Lipinski definition) is 1. The molecule has 0 heterocycles. The van der Waals surface area contributed by atoms with Crippen LogP contribution < -0.4 is 15.2 Å². The van der Waals surface area contributed by atoms with E-state index in [1.165, 1.54) is 7.11 Å². The molecule has 1 atom stereocenters. The highest BCUT2D eigenvalue weighted by Crippen LogP contribution is 2.28. The van der Waals surface area contributed by atoms with Crippen LogP contribution in [0, 0.1) is 0 Å². The number of halogens is 3. The maximum Gasteiger partial charge on any atom is 0.522 e. The van der Waals surface area contributed by atoms with Gasteiger partial charge in [0.25, 0.3) is 0 Å². The molecule has 0 saturated carbocycles. The molecule has 0 bridgehead atoms. The van der Waals surface area contributed by atoms with Crippen molar-refractivity contribution in [2.75, 3.05) is 20.3 Å². The van der Waals surface area contributed by atoms with Crippen molar-refractivity contribution in [1.82, 2.24) is 0 Å². The number of methoxy groups -OCH3 is 1. The van der Waals surface area contributed by atoms with Crippen LogP contribution in [0.4, 0.5) is 13.2 Å². The predicted molar refractivity (Wildman–Crippen MR) is 72.5 cm³/mol. The monoisotopic (exact) mass is 307 g/mol. The maximum absolute atomic E-state index is 11.9. The summed E-state index contributed by atoms with van der Waals surface area (Å²) >= 11 is 0. The molecule has 0 fully saturated rings. The Bertz CT molecular complexity index is 438. The van der Waals surface area contributed by atoms with E-state index in [1.54, 1.807) is 12.1 Å². The summed E-state index contributed by atoms with van der Waals surface area (Å²) in [7, 11) is 1.46. The average Bonchev–Trinajstić information content (AvgIpc) is 2.42. The largest absolute Gasteiger partial charge is 0.522 e. The molecule has 1 rings (SSSR count). The first-order valence-electron chi connectivity index (χ1n) is 6.61. The van der Waals surface area contributed by atoms with Gasteiger partial charge in [-0.1, -0.05) is 13.0 Å². The molecular formula is C14H20F3NO3. The minimum Gasteiger partial charge on any atom is -0.493 e. The molecule has 0 amide bonds. The second-order valence-corrected chi connectivity index (χ2v) is 4.50. The summed E-state index contributed by atoms with van der Waals surface area (Å²) in [6.07, 6.45) is -3.15. The molecule has 1 aromatic carbocycles. The molecule has 1 unspecified atom stereocenters. The van der Waals surface area contributed by atoms with Gasteiger partial charge in [0.2, 0.25) is 0 Å². The molecule has 21 heavy (non-hydrogen) atoms. The topological polar surface area (TPSA) is 53.7 Å². The van der Waals surface area contributed by atoms with Gasteiger partial charge in [0.15, 0.2) is 11.5 Å². The van der Waals surface area contributed by atoms with Crippen LogP contribution >= 0.6 is 0 Å². The van der Waals surface area contributed by atoms with Crippen LogP contribution in [-0.4, -0.2) is 32.7 Å². The molecule has 0 radical (unpaired) electrons. The van der Waals surface area contributed by atoms with E-state index in [0.717, 1.165) is 12.0 Å². The number of alkyl halides is 3. The standard InChI is InChI=1S/C14H20F3NO3/c1-3-11(18)8-10-4-5-12(19-2)13(9-10)20-6-7-21-14(15,16)17/h4-5,9,11H,3,6-8,18H2,1-2H3. The first kappa shape index (κ1) is 17.6. The first-order chi connectivity index (χ1) is 9.85. The minimum absolute atomic E-state index is 0.0276. The lowest BCUT2D eigenvalue weighted by Crippen LogP contribution is -2.21. The van der Waals surface area contributed by atoms with Gasteiger partial charge >= 0.3 is 6.36 Å². The van der Waals surface area contributed by atoms with Gasteiger partial charge in [-0.3, -0.25) is 4.74 Å². The second kappa shape index (κ2) is 8.09. The smallest absolute Gasteiger partial charge is 0.493 e. The zero-order valence-corrected chi connectivity index (χ0v) is 12.1. The lowest BCUT2D eigenvalue weighted by atomic mass is 10.0. The third-order valence-corrected chi connectivity index (χ3v) is 2.86. The van der Waals surface area contributed by atoms with Gasteiger partial charge in [0.05, 0.1) is 13.7 Å². The second-order valence-electron chi connectivity index (χ2n) is 4.50. The van der Waals surface area contributed by atoms with Crippen molar-refractivity contribution in [1.29, 1.82) is 0 Å². The summed E-state index contributed by atoms with van der Waals surface area (Å²) < 4.78 is 49.6. The zero-order valence-electron chi connectivity index (χ0n) is 12.1. The van der Waals surface area contributed by atoms with E-state index in [4.69, 9.17) is 15.2 Å². The highest BCUT2D eigenvalue weighted by atomic mass is 19.4. The summed E-state index contributed by atoms with van der Waals surface area (Å²) in [5.74, 6) is 0.833. The van der Waals surface area contributed by atoms with Crippen molar-refractivity contribution < 1.29 is 27.4 Å². The van der Waals surface area contributed by atoms with Gasteiger partial charge in [-0.05, 0) is 30.5 Å². The lowest BCUT2D eigenvalue weighted by Gasteiger charge is -2.14. The first-order valence-corrected chi connectivity index (χ1v) is 6.61. The molecule has 0 aliphatic carbocycles. The van der Waals surface area contributed by atoms with Crippen molar-refractivity contribution in [2.24, 2.45) is 5.73 Å². The molecule has 4 nitrogen and oxygen atoms in total. The fourth-order valence-corrected chi connectivity index (χ4v) is 1.72. The summed E-state index contributed by atoms with van der Waals surface area (Å²) in [5, 5.41) is 0. The van der Waals surface area contributed by atoms with Crippen LogP contribution in [0.2, 0.25) is 0 Å². The number of ether oxygens (including phenoxy) is 3. The molecule has 0 aliphatic rings. The molecule has 0 aromatic heterocycles. The Morgan fingerprint density at radius 3 is 2.48 bits per heavy atom. The van der Waals surface area contributed by atoms with E-state index in [1.807, 2.05) is 13.0 Å². The number of hydrogen-bond acceptors (Lipinski definition) is 4. The van der Waals surface area contributed by atoms with Gasteiger partial charge in [0, 0.05) is 6.04 Å². The highest BCUT2D eigenvalue weighted by molar-refractivity contribution is 5.43. The third kappa shape index (κ3) is 6.68. The lowest BCUT2D eigenvalue weighted by molar-refractivity contribution is -0.325. The quantitative estimate of drug-likeness (QED) is 0.750. The minimum atomic E-state index is -4.65. The summed E-state index contributed by atoms with van der Waals surface area (Å²) in [6, 6.07) is 5.31. The highest BCUT2D eigenvalue weighted by Gasteiger charge is 2.28. The van der Waals surface area contributed by atoms with Crippen molar-refractivity contribution >= 4 is 0 Å². The van der Waals surface area contributed by atoms with Crippen LogP contribution in [0.3, 0.4) is 0 Å². The van der Waals surface area contributed by atoms with Gasteiger partial charge < -0.3 is 15.2 Å². The van der Waals surface area contributed by atoms with E-state index in [-0.39, 0.29) is 12.6 Å². The fraction of sp³-hybridized carbons (Fsp3) is 0.571. The maximum atomic E-state index is 11.9. The Morgan fingerprint density at radius 1 is 1.19 bits per heavy atom. The van der Waals surface area contributed by atoms with E-state index in [9.17, 15) is 13.2 Å². The molecule has 120 valence electrons. The van der Waals surface area contributed by atoms with Crippen LogP contribution in [0.25, 0.3) is 0 Å². The molecule has 0 spiro atoms. The summed E-state index contributed by atoms with van der Waals surface area (Å²) in [6.45, 7) is 1.19. The van der Waals surface area contributed by atoms with Gasteiger partial charge in [-0.2, -0.15) is 0 Å². The van der Waals surface area contributed by atoms with E-state index < -0.39 is 13.0 Å². The SMILES string of the molecule is CCC(N)Cc1ccc(OC)c(OCCOC(F)(F)F)c1. The zero-order chi connectivity index (χ0) is 15.9. The van der Waals surface area contributed by atoms with Gasteiger partial charge in [-0.25, -0.2) is 0 Å². The third-order valence-electron chi connectivity index (χ3n) is 2.86. The Morgan fingerprint density at radius 2 is 1.90 bits per heavy atom. The van der Waals surface area contributed by atoms with Crippen LogP contribution in [0.5, 0.6) is 11.5 Å². The molecule has 2 N–H and O–H groups in total. The Labute approximate surface area is 122 Å². The number of rotatable bonds is 8. The summed E-state index contributed by atoms with van der Waals surface area (Å²) in [5.41, 5.74) is 6.82. The molecule has 0 aliphatic heterocycles. The Kier molecular flexibility index (Phi) is 6.77. The van der Waals surface area contributed by atoms with Crippen molar-refractivity contribution in [3.8, 4) is 11.5 Å². The normalized spacial score (nSPS) is 13.0.